The fourth-order valence-electron chi connectivity index (χ4n) is 3.03. The fourth-order valence-corrected chi connectivity index (χ4v) is 4.37. The van der Waals surface area contributed by atoms with Crippen LogP contribution in [0.5, 0.6) is 0 Å². The molecule has 1 N–H and O–H groups in total. The van der Waals surface area contributed by atoms with Gasteiger partial charge in [0, 0.05) is 24.0 Å². The normalized spacial score (nSPS) is 12.8. The standard InChI is InChI=1S/C19H20N4O4S/c1-2-17(25)23(16-5-3-4-7-21-16)18-14(11-20)13-6-8-22(12-15(13)28-18)19(26)27-10-9-24/h3-5,7,24H,2,6,8-10,12H2,1H3. The van der Waals surface area contributed by atoms with Crippen LogP contribution in [0.4, 0.5) is 15.6 Å². The first-order chi connectivity index (χ1) is 13.6. The largest absolute Gasteiger partial charge is 0.447 e. The highest BCUT2D eigenvalue weighted by Crippen LogP contribution is 2.41. The van der Waals surface area contributed by atoms with Gasteiger partial charge in [-0.25, -0.2) is 9.78 Å². The van der Waals surface area contributed by atoms with Crippen LogP contribution >= 0.6 is 11.3 Å². The zero-order chi connectivity index (χ0) is 20.1. The molecule has 0 aliphatic carbocycles. The number of thiophene rings is 1. The van der Waals surface area contributed by atoms with Crippen molar-refractivity contribution in [3.63, 3.8) is 0 Å². The van der Waals surface area contributed by atoms with E-state index < -0.39 is 6.09 Å². The number of nitriles is 1. The lowest BCUT2D eigenvalue weighted by Crippen LogP contribution is -2.36. The van der Waals surface area contributed by atoms with Crippen molar-refractivity contribution in [1.29, 1.82) is 5.26 Å². The average molecular weight is 400 g/mol. The van der Waals surface area contributed by atoms with E-state index in [1.165, 1.54) is 21.1 Å². The van der Waals surface area contributed by atoms with Gasteiger partial charge in [0.05, 0.1) is 18.7 Å². The van der Waals surface area contributed by atoms with Crippen molar-refractivity contribution in [1.82, 2.24) is 9.88 Å². The molecule has 146 valence electrons. The maximum absolute atomic E-state index is 12.7. The summed E-state index contributed by atoms with van der Waals surface area (Å²) in [4.78, 5) is 32.9. The molecule has 0 bridgehead atoms. The van der Waals surface area contributed by atoms with Gasteiger partial charge in [0.25, 0.3) is 0 Å². The molecule has 9 heteroatoms. The third kappa shape index (κ3) is 3.83. The highest BCUT2D eigenvalue weighted by Gasteiger charge is 2.31. The number of pyridine rings is 1. The SMILES string of the molecule is CCC(=O)N(c1ccccn1)c1sc2c(c1C#N)CCN(C(=O)OCCO)C2. The van der Waals surface area contributed by atoms with E-state index in [1.54, 1.807) is 31.3 Å². The third-order valence-corrected chi connectivity index (χ3v) is 5.56. The lowest BCUT2D eigenvalue weighted by Gasteiger charge is -2.26. The van der Waals surface area contributed by atoms with E-state index in [0.717, 1.165) is 10.4 Å². The summed E-state index contributed by atoms with van der Waals surface area (Å²) in [6.07, 6.45) is 1.87. The Morgan fingerprint density at radius 1 is 1.46 bits per heavy atom. The number of amides is 2. The second-order valence-corrected chi connectivity index (χ2v) is 7.16. The number of hydrogen-bond acceptors (Lipinski definition) is 7. The minimum atomic E-state index is -0.501. The van der Waals surface area contributed by atoms with Crippen LogP contribution in [0.25, 0.3) is 0 Å². The van der Waals surface area contributed by atoms with Gasteiger partial charge in [-0.2, -0.15) is 5.26 Å². The summed E-state index contributed by atoms with van der Waals surface area (Å²) in [5, 5.41) is 19.1. The molecule has 0 unspecified atom stereocenters. The molecule has 0 fully saturated rings. The van der Waals surface area contributed by atoms with E-state index in [2.05, 4.69) is 11.1 Å². The maximum atomic E-state index is 12.7. The van der Waals surface area contributed by atoms with Crippen LogP contribution in [0, 0.1) is 11.3 Å². The molecule has 8 nitrogen and oxygen atoms in total. The van der Waals surface area contributed by atoms with Crippen LogP contribution in [0.15, 0.2) is 24.4 Å². The molecular formula is C19H20N4O4S. The quantitative estimate of drug-likeness (QED) is 0.827. The predicted molar refractivity (Wildman–Crippen MR) is 103 cm³/mol. The van der Waals surface area contributed by atoms with Crippen molar-refractivity contribution < 1.29 is 19.4 Å². The van der Waals surface area contributed by atoms with Crippen molar-refractivity contribution in [2.24, 2.45) is 0 Å². The minimum absolute atomic E-state index is 0.0558. The highest BCUT2D eigenvalue weighted by molar-refractivity contribution is 7.16. The molecular weight excluding hydrogens is 380 g/mol. The summed E-state index contributed by atoms with van der Waals surface area (Å²) in [6.45, 7) is 2.18. The Kier molecular flexibility index (Phi) is 6.23. The molecule has 0 saturated carbocycles. The lowest BCUT2D eigenvalue weighted by atomic mass is 10.0. The summed E-state index contributed by atoms with van der Waals surface area (Å²) >= 11 is 1.32. The molecule has 0 atom stereocenters. The van der Waals surface area contributed by atoms with E-state index in [0.29, 0.717) is 35.9 Å². The van der Waals surface area contributed by atoms with E-state index in [-0.39, 0.29) is 25.5 Å². The van der Waals surface area contributed by atoms with Crippen LogP contribution in [-0.4, -0.2) is 46.7 Å². The van der Waals surface area contributed by atoms with Crippen molar-refractivity contribution in [3.8, 4) is 6.07 Å². The van der Waals surface area contributed by atoms with Crippen LogP contribution in [0.1, 0.15) is 29.3 Å². The number of carbonyl (C=O) groups excluding carboxylic acids is 2. The molecule has 0 saturated heterocycles. The van der Waals surface area contributed by atoms with Gasteiger partial charge in [0.15, 0.2) is 0 Å². The second kappa shape index (κ2) is 8.82. The Bertz CT molecular complexity index is 907. The maximum Gasteiger partial charge on any atom is 0.410 e. The van der Waals surface area contributed by atoms with Gasteiger partial charge in [-0.05, 0) is 24.1 Å². The first-order valence-electron chi connectivity index (χ1n) is 8.91. The predicted octanol–water partition coefficient (Wildman–Crippen LogP) is 2.58. The van der Waals surface area contributed by atoms with Crippen molar-refractivity contribution in [3.05, 3.63) is 40.4 Å². The summed E-state index contributed by atoms with van der Waals surface area (Å²) in [5.74, 6) is 0.302. The van der Waals surface area contributed by atoms with Gasteiger partial charge in [-0.1, -0.05) is 13.0 Å². The van der Waals surface area contributed by atoms with Crippen LogP contribution in [-0.2, 0) is 22.5 Å². The molecule has 0 spiro atoms. The van der Waals surface area contributed by atoms with Crippen LogP contribution < -0.4 is 4.90 Å². The molecule has 28 heavy (non-hydrogen) atoms. The van der Waals surface area contributed by atoms with E-state index >= 15 is 0 Å². The molecule has 3 heterocycles. The first kappa shape index (κ1) is 19.8. The number of fused-ring (bicyclic) bond motifs is 1. The van der Waals surface area contributed by atoms with Gasteiger partial charge < -0.3 is 14.7 Å². The Morgan fingerprint density at radius 3 is 2.93 bits per heavy atom. The Hall–Kier alpha value is -2.96. The highest BCUT2D eigenvalue weighted by atomic mass is 32.1. The van der Waals surface area contributed by atoms with Crippen molar-refractivity contribution in [2.45, 2.75) is 26.3 Å². The van der Waals surface area contributed by atoms with E-state index in [1.807, 2.05) is 0 Å². The Morgan fingerprint density at radius 2 is 2.29 bits per heavy atom. The monoisotopic (exact) mass is 400 g/mol. The molecule has 2 aromatic heterocycles. The molecule has 2 amide bonds. The number of carbonyl (C=O) groups is 2. The molecule has 1 aliphatic heterocycles. The number of aliphatic hydroxyl groups is 1. The van der Waals surface area contributed by atoms with Crippen LogP contribution in [0.2, 0.25) is 0 Å². The van der Waals surface area contributed by atoms with Crippen LogP contribution in [0.3, 0.4) is 0 Å². The van der Waals surface area contributed by atoms with Gasteiger partial charge in [0.1, 0.15) is 23.5 Å². The average Bonchev–Trinajstić information content (AvgIpc) is 3.09. The number of rotatable bonds is 5. The number of aliphatic hydroxyl groups excluding tert-OH is 1. The number of anilines is 2. The molecule has 0 aromatic carbocycles. The molecule has 3 rings (SSSR count). The lowest BCUT2D eigenvalue weighted by molar-refractivity contribution is -0.117. The number of nitrogens with zero attached hydrogens (tertiary/aromatic N) is 4. The summed E-state index contributed by atoms with van der Waals surface area (Å²) in [6, 6.07) is 7.51. The second-order valence-electron chi connectivity index (χ2n) is 6.08. The molecule has 1 aliphatic rings. The van der Waals surface area contributed by atoms with Gasteiger partial charge >= 0.3 is 6.09 Å². The Balaban J connectivity index is 1.97. The third-order valence-electron chi connectivity index (χ3n) is 4.36. The topological polar surface area (TPSA) is 107 Å². The number of hydrogen-bond donors (Lipinski definition) is 1. The number of ether oxygens (including phenoxy) is 1. The van der Waals surface area contributed by atoms with E-state index in [9.17, 15) is 14.9 Å². The molecule has 0 radical (unpaired) electrons. The smallest absolute Gasteiger partial charge is 0.410 e. The fraction of sp³-hybridized carbons (Fsp3) is 0.368. The van der Waals surface area contributed by atoms with E-state index in [4.69, 9.17) is 9.84 Å². The zero-order valence-corrected chi connectivity index (χ0v) is 16.2. The summed E-state index contributed by atoms with van der Waals surface area (Å²) < 4.78 is 4.98. The molecule has 2 aromatic rings. The van der Waals surface area contributed by atoms with Gasteiger partial charge in [-0.15, -0.1) is 11.3 Å². The van der Waals surface area contributed by atoms with Crippen molar-refractivity contribution >= 4 is 34.2 Å². The first-order valence-corrected chi connectivity index (χ1v) is 9.73. The van der Waals surface area contributed by atoms with Gasteiger partial charge in [-0.3, -0.25) is 9.69 Å². The van der Waals surface area contributed by atoms with Crippen molar-refractivity contribution in [2.75, 3.05) is 24.7 Å². The zero-order valence-electron chi connectivity index (χ0n) is 15.4. The summed E-state index contributed by atoms with van der Waals surface area (Å²) in [7, 11) is 0. The van der Waals surface area contributed by atoms with Gasteiger partial charge in [0.2, 0.25) is 5.91 Å². The summed E-state index contributed by atoms with van der Waals surface area (Å²) in [5.41, 5.74) is 1.31. The number of aromatic nitrogens is 1. The minimum Gasteiger partial charge on any atom is -0.447 e. The Labute approximate surface area is 166 Å².